The van der Waals surface area contributed by atoms with E-state index in [2.05, 4.69) is 15.5 Å². The largest absolute Gasteiger partial charge is 0.416 e. The van der Waals surface area contributed by atoms with Gasteiger partial charge in [-0.3, -0.25) is 4.79 Å². The van der Waals surface area contributed by atoms with Crippen LogP contribution >= 0.6 is 0 Å². The molecule has 8 nitrogen and oxygen atoms in total. The number of piperidine rings is 1. The van der Waals surface area contributed by atoms with Crippen LogP contribution in [0.5, 0.6) is 0 Å². The summed E-state index contributed by atoms with van der Waals surface area (Å²) >= 11 is 0. The fourth-order valence-electron chi connectivity index (χ4n) is 4.05. The second-order valence-corrected chi connectivity index (χ2v) is 10.5. The Bertz CT molecular complexity index is 1360. The molecular weight excluding hydrogens is 497 g/mol. The van der Waals surface area contributed by atoms with E-state index in [1.54, 1.807) is 19.1 Å². The molecular formula is C24H25F3N4O4S. The Labute approximate surface area is 206 Å². The molecule has 0 atom stereocenters. The first kappa shape index (κ1) is 25.8. The van der Waals surface area contributed by atoms with Gasteiger partial charge in [0.15, 0.2) is 0 Å². The van der Waals surface area contributed by atoms with Crippen molar-refractivity contribution in [1.29, 1.82) is 0 Å². The van der Waals surface area contributed by atoms with E-state index in [1.165, 1.54) is 22.5 Å². The zero-order valence-corrected chi connectivity index (χ0v) is 20.5. The fourth-order valence-corrected chi connectivity index (χ4v) is 5.77. The van der Waals surface area contributed by atoms with Crippen molar-refractivity contribution in [2.75, 3.05) is 18.4 Å². The van der Waals surface area contributed by atoms with E-state index in [1.807, 2.05) is 6.92 Å². The molecule has 1 N–H and O–H groups in total. The predicted molar refractivity (Wildman–Crippen MR) is 125 cm³/mol. The highest BCUT2D eigenvalue weighted by Crippen LogP contribution is 2.32. The molecule has 1 aromatic heterocycles. The molecule has 12 heteroatoms. The number of alkyl halides is 3. The van der Waals surface area contributed by atoms with Crippen molar-refractivity contribution in [3.63, 3.8) is 0 Å². The first-order chi connectivity index (χ1) is 17.0. The molecule has 192 valence electrons. The Morgan fingerprint density at radius 2 is 1.89 bits per heavy atom. The lowest BCUT2D eigenvalue weighted by Crippen LogP contribution is -2.41. The summed E-state index contributed by atoms with van der Waals surface area (Å²) in [6.45, 7) is 3.77. The van der Waals surface area contributed by atoms with Crippen molar-refractivity contribution >= 4 is 21.6 Å². The third kappa shape index (κ3) is 5.44. The van der Waals surface area contributed by atoms with E-state index in [4.69, 9.17) is 4.52 Å². The van der Waals surface area contributed by atoms with E-state index in [9.17, 15) is 26.4 Å². The minimum Gasteiger partial charge on any atom is -0.339 e. The van der Waals surface area contributed by atoms with Crippen LogP contribution in [0.3, 0.4) is 0 Å². The molecule has 1 aliphatic heterocycles. The Balaban J connectivity index is 1.44. The summed E-state index contributed by atoms with van der Waals surface area (Å²) in [7, 11) is -3.86. The number of hydrogen-bond acceptors (Lipinski definition) is 6. The van der Waals surface area contributed by atoms with Crippen LogP contribution in [-0.4, -0.2) is 41.9 Å². The molecule has 4 rings (SSSR count). The summed E-state index contributed by atoms with van der Waals surface area (Å²) in [6, 6.07) is 9.33. The van der Waals surface area contributed by atoms with E-state index in [-0.39, 0.29) is 36.5 Å². The molecule has 0 bridgehead atoms. The first-order valence-corrected chi connectivity index (χ1v) is 12.8. The molecule has 1 aliphatic rings. The fraction of sp³-hybridized carbons (Fsp3) is 0.375. The zero-order valence-electron chi connectivity index (χ0n) is 19.7. The van der Waals surface area contributed by atoms with Gasteiger partial charge < -0.3 is 9.84 Å². The normalized spacial score (nSPS) is 15.7. The molecule has 1 amide bonds. The maximum atomic E-state index is 13.4. The van der Waals surface area contributed by atoms with Crippen LogP contribution < -0.4 is 5.32 Å². The summed E-state index contributed by atoms with van der Waals surface area (Å²) in [5.41, 5.74) is 0.260. The molecule has 3 aromatic rings. The average Bonchev–Trinajstić information content (AvgIpc) is 3.33. The molecule has 1 saturated heterocycles. The second-order valence-electron chi connectivity index (χ2n) is 8.59. The van der Waals surface area contributed by atoms with Crippen LogP contribution in [0.2, 0.25) is 0 Å². The minimum absolute atomic E-state index is 0.0463. The molecule has 1 fully saturated rings. The Morgan fingerprint density at radius 1 is 1.17 bits per heavy atom. The first-order valence-electron chi connectivity index (χ1n) is 11.4. The van der Waals surface area contributed by atoms with Crippen LogP contribution in [0, 0.1) is 12.8 Å². The number of carbonyl (C=O) groups is 1. The highest BCUT2D eigenvalue weighted by Gasteiger charge is 2.34. The van der Waals surface area contributed by atoms with Crippen LogP contribution in [-0.2, 0) is 27.4 Å². The number of carbonyl (C=O) groups excluding carboxylic acids is 1. The smallest absolute Gasteiger partial charge is 0.339 e. The van der Waals surface area contributed by atoms with Gasteiger partial charge in [-0.15, -0.1) is 0 Å². The molecule has 0 aliphatic carbocycles. The lowest BCUT2D eigenvalue weighted by atomic mass is 9.97. The number of aromatic nitrogens is 2. The molecule has 2 heterocycles. The summed E-state index contributed by atoms with van der Waals surface area (Å²) in [6.07, 6.45) is -3.47. The summed E-state index contributed by atoms with van der Waals surface area (Å²) in [4.78, 5) is 17.0. The molecule has 0 unspecified atom stereocenters. The van der Waals surface area contributed by atoms with Crippen LogP contribution in [0.25, 0.3) is 11.4 Å². The number of rotatable bonds is 6. The van der Waals surface area contributed by atoms with Crippen LogP contribution in [0.4, 0.5) is 18.9 Å². The molecule has 36 heavy (non-hydrogen) atoms. The van der Waals surface area contributed by atoms with Gasteiger partial charge in [0.1, 0.15) is 0 Å². The summed E-state index contributed by atoms with van der Waals surface area (Å²) < 4.78 is 72.1. The number of sulfonamides is 1. The van der Waals surface area contributed by atoms with Gasteiger partial charge in [-0.2, -0.15) is 22.5 Å². The van der Waals surface area contributed by atoms with Crippen molar-refractivity contribution in [2.45, 2.75) is 44.2 Å². The third-order valence-electron chi connectivity index (χ3n) is 6.12. The van der Waals surface area contributed by atoms with Gasteiger partial charge in [-0.1, -0.05) is 30.3 Å². The number of hydrogen-bond donors (Lipinski definition) is 1. The molecule has 2 aromatic carbocycles. The quantitative estimate of drug-likeness (QED) is 0.505. The summed E-state index contributed by atoms with van der Waals surface area (Å²) in [5, 5.41) is 6.42. The van der Waals surface area contributed by atoms with Gasteiger partial charge in [-0.25, -0.2) is 8.42 Å². The zero-order chi connectivity index (χ0) is 26.1. The molecule has 0 saturated carbocycles. The Kier molecular flexibility index (Phi) is 7.19. The van der Waals surface area contributed by atoms with Gasteiger partial charge in [0.25, 0.3) is 0 Å². The maximum absolute atomic E-state index is 13.4. The highest BCUT2D eigenvalue weighted by molar-refractivity contribution is 7.89. The second kappa shape index (κ2) is 10.0. The number of anilines is 1. The van der Waals surface area contributed by atoms with Gasteiger partial charge >= 0.3 is 6.18 Å². The number of nitrogens with zero attached hydrogens (tertiary/aromatic N) is 3. The average molecular weight is 523 g/mol. The van der Waals surface area contributed by atoms with Crippen molar-refractivity contribution in [3.8, 4) is 11.4 Å². The number of aryl methyl sites for hydroxylation is 2. The van der Waals surface area contributed by atoms with Gasteiger partial charge in [0.2, 0.25) is 27.6 Å². The summed E-state index contributed by atoms with van der Waals surface area (Å²) in [5.74, 6) is -0.215. The van der Waals surface area contributed by atoms with Crippen molar-refractivity contribution < 1.29 is 30.9 Å². The monoisotopic (exact) mass is 522 g/mol. The number of nitrogens with one attached hydrogen (secondary N) is 1. The van der Waals surface area contributed by atoms with Crippen LogP contribution in [0.15, 0.2) is 51.9 Å². The predicted octanol–water partition coefficient (Wildman–Crippen LogP) is 4.67. The Hall–Kier alpha value is -3.25. The molecule has 0 radical (unpaired) electrons. The van der Waals surface area contributed by atoms with E-state index in [0.717, 1.165) is 12.1 Å². The third-order valence-corrected chi connectivity index (χ3v) is 8.16. The number of halogens is 3. The lowest BCUT2D eigenvalue weighted by molar-refractivity contribution is -0.137. The van der Waals surface area contributed by atoms with Crippen LogP contribution in [0.1, 0.15) is 36.8 Å². The van der Waals surface area contributed by atoms with Gasteiger partial charge in [0, 0.05) is 36.7 Å². The number of benzene rings is 2. The lowest BCUT2D eigenvalue weighted by Gasteiger charge is -2.31. The molecule has 0 spiro atoms. The SMILES string of the molecule is CCc1nc(-c2ccc(C)c(S(=O)(=O)N3CCC(C(=O)Nc4cccc(C(F)(F)F)c4)CC3)c2)no1. The van der Waals surface area contributed by atoms with Crippen molar-refractivity contribution in [3.05, 3.63) is 59.5 Å². The van der Waals surface area contributed by atoms with E-state index < -0.39 is 33.6 Å². The van der Waals surface area contributed by atoms with Crippen molar-refractivity contribution in [2.24, 2.45) is 5.92 Å². The maximum Gasteiger partial charge on any atom is 0.416 e. The van der Waals surface area contributed by atoms with Gasteiger partial charge in [0.05, 0.1) is 10.5 Å². The Morgan fingerprint density at radius 3 is 2.53 bits per heavy atom. The number of amides is 1. The highest BCUT2D eigenvalue weighted by atomic mass is 32.2. The minimum atomic E-state index is -4.52. The topological polar surface area (TPSA) is 105 Å². The van der Waals surface area contributed by atoms with Crippen molar-refractivity contribution in [1.82, 2.24) is 14.4 Å². The van der Waals surface area contributed by atoms with E-state index >= 15 is 0 Å². The standard InChI is InChI=1S/C24H25F3N4O4S/c1-3-21-29-22(30-35-21)17-8-7-15(2)20(13-17)36(33,34)31-11-9-16(10-12-31)23(32)28-19-6-4-5-18(14-19)24(25,26)27/h4-8,13-14,16H,3,9-12H2,1-2H3,(H,28,32). The van der Waals surface area contributed by atoms with E-state index in [0.29, 0.717) is 29.3 Å². The van der Waals surface area contributed by atoms with Gasteiger partial charge in [-0.05, 0) is 49.6 Å².